The second kappa shape index (κ2) is 4.90. The molecule has 1 aliphatic heterocycles. The lowest BCUT2D eigenvalue weighted by atomic mass is 9.84. The Morgan fingerprint density at radius 3 is 2.80 bits per heavy atom. The van der Waals surface area contributed by atoms with Gasteiger partial charge < -0.3 is 4.90 Å². The van der Waals surface area contributed by atoms with E-state index in [-0.39, 0.29) is 0 Å². The van der Waals surface area contributed by atoms with E-state index in [1.54, 1.807) is 0 Å². The molecule has 0 aliphatic carbocycles. The second-order valence-corrected chi connectivity index (χ2v) is 6.22. The van der Waals surface area contributed by atoms with Gasteiger partial charge in [-0.2, -0.15) is 4.98 Å². The zero-order chi connectivity index (χ0) is 14.2. The number of nitrogens with two attached hydrogens (primary N) is 1. The SMILES string of the molecule is CC1(C)CCCN(c2nc(NN)nc3ccccc23)C1. The van der Waals surface area contributed by atoms with Gasteiger partial charge in [0.25, 0.3) is 0 Å². The molecule has 1 aromatic heterocycles. The fourth-order valence-corrected chi connectivity index (χ4v) is 2.97. The van der Waals surface area contributed by atoms with Crippen LogP contribution in [0.4, 0.5) is 11.8 Å². The molecule has 1 saturated heterocycles. The molecular weight excluding hydrogens is 250 g/mol. The van der Waals surface area contributed by atoms with Crippen molar-refractivity contribution in [1.82, 2.24) is 9.97 Å². The van der Waals surface area contributed by atoms with Crippen molar-refractivity contribution in [2.45, 2.75) is 26.7 Å². The molecule has 0 bridgehead atoms. The Hall–Kier alpha value is -1.88. The van der Waals surface area contributed by atoms with E-state index in [2.05, 4.69) is 40.2 Å². The lowest BCUT2D eigenvalue weighted by Gasteiger charge is -2.39. The first-order chi connectivity index (χ1) is 9.59. The minimum absolute atomic E-state index is 0.320. The molecule has 0 spiro atoms. The molecule has 106 valence electrons. The molecule has 5 nitrogen and oxygen atoms in total. The number of nitrogens with one attached hydrogen (secondary N) is 1. The van der Waals surface area contributed by atoms with Gasteiger partial charge in [0.2, 0.25) is 5.95 Å². The Morgan fingerprint density at radius 1 is 1.25 bits per heavy atom. The molecule has 0 unspecified atom stereocenters. The van der Waals surface area contributed by atoms with Gasteiger partial charge in [0.05, 0.1) is 5.52 Å². The minimum atomic E-state index is 0.320. The molecule has 1 fully saturated rings. The van der Waals surface area contributed by atoms with Gasteiger partial charge in [0.1, 0.15) is 5.82 Å². The molecule has 2 heterocycles. The van der Waals surface area contributed by atoms with E-state index < -0.39 is 0 Å². The Morgan fingerprint density at radius 2 is 2.05 bits per heavy atom. The number of nitrogens with zero attached hydrogens (tertiary/aromatic N) is 3. The van der Waals surface area contributed by atoms with Crippen LogP contribution in [-0.4, -0.2) is 23.1 Å². The molecule has 3 rings (SSSR count). The number of anilines is 2. The standard InChI is InChI=1S/C15H21N5/c1-15(2)8-5-9-20(10-15)13-11-6-3-4-7-12(11)17-14(18-13)19-16/h3-4,6-7H,5,8-10,16H2,1-2H3,(H,17,18,19). The molecular formula is C15H21N5. The van der Waals surface area contributed by atoms with Gasteiger partial charge in [-0.05, 0) is 30.4 Å². The number of hydrazine groups is 1. The van der Waals surface area contributed by atoms with E-state index in [1.165, 1.54) is 12.8 Å². The van der Waals surface area contributed by atoms with Crippen molar-refractivity contribution < 1.29 is 0 Å². The van der Waals surface area contributed by atoms with E-state index in [1.807, 2.05) is 18.2 Å². The van der Waals surface area contributed by atoms with Gasteiger partial charge in [-0.3, -0.25) is 5.43 Å². The van der Waals surface area contributed by atoms with Crippen LogP contribution in [0.2, 0.25) is 0 Å². The number of para-hydroxylation sites is 1. The van der Waals surface area contributed by atoms with Crippen molar-refractivity contribution in [3.63, 3.8) is 0 Å². The van der Waals surface area contributed by atoms with Crippen molar-refractivity contribution in [3.8, 4) is 0 Å². The topological polar surface area (TPSA) is 67.1 Å². The monoisotopic (exact) mass is 271 g/mol. The van der Waals surface area contributed by atoms with E-state index in [0.29, 0.717) is 11.4 Å². The summed E-state index contributed by atoms with van der Waals surface area (Å²) in [5, 5.41) is 1.09. The number of rotatable bonds is 2. The van der Waals surface area contributed by atoms with E-state index >= 15 is 0 Å². The van der Waals surface area contributed by atoms with Gasteiger partial charge in [-0.25, -0.2) is 10.8 Å². The Labute approximate surface area is 119 Å². The highest BCUT2D eigenvalue weighted by molar-refractivity contribution is 5.90. The zero-order valence-electron chi connectivity index (χ0n) is 12.1. The van der Waals surface area contributed by atoms with E-state index in [4.69, 9.17) is 5.84 Å². The number of piperidine rings is 1. The first-order valence-corrected chi connectivity index (χ1v) is 7.07. The average molecular weight is 271 g/mol. The highest BCUT2D eigenvalue weighted by Gasteiger charge is 2.28. The van der Waals surface area contributed by atoms with Gasteiger partial charge in [-0.15, -0.1) is 0 Å². The fraction of sp³-hybridized carbons (Fsp3) is 0.467. The Bertz CT molecular complexity index is 623. The molecule has 0 amide bonds. The summed E-state index contributed by atoms with van der Waals surface area (Å²) < 4.78 is 0. The molecule has 20 heavy (non-hydrogen) atoms. The van der Waals surface area contributed by atoms with Gasteiger partial charge in [0, 0.05) is 18.5 Å². The molecule has 1 aliphatic rings. The lowest BCUT2D eigenvalue weighted by molar-refractivity contribution is 0.292. The summed E-state index contributed by atoms with van der Waals surface area (Å²) in [7, 11) is 0. The maximum absolute atomic E-state index is 5.50. The van der Waals surface area contributed by atoms with Gasteiger partial charge in [-0.1, -0.05) is 26.0 Å². The summed E-state index contributed by atoms with van der Waals surface area (Å²) in [4.78, 5) is 11.4. The summed E-state index contributed by atoms with van der Waals surface area (Å²) in [6.07, 6.45) is 2.45. The van der Waals surface area contributed by atoms with Crippen LogP contribution in [0, 0.1) is 5.41 Å². The third kappa shape index (κ3) is 2.41. The second-order valence-electron chi connectivity index (χ2n) is 6.22. The van der Waals surface area contributed by atoms with E-state index in [9.17, 15) is 0 Å². The molecule has 0 saturated carbocycles. The van der Waals surface area contributed by atoms with Crippen molar-refractivity contribution in [3.05, 3.63) is 24.3 Å². The molecule has 3 N–H and O–H groups in total. The number of hydrogen-bond acceptors (Lipinski definition) is 5. The molecule has 0 radical (unpaired) electrons. The minimum Gasteiger partial charge on any atom is -0.355 e. The summed E-state index contributed by atoms with van der Waals surface area (Å²) in [6, 6.07) is 8.09. The first kappa shape index (κ1) is 13.1. The van der Waals surface area contributed by atoms with Crippen LogP contribution in [0.1, 0.15) is 26.7 Å². The number of hydrogen-bond donors (Lipinski definition) is 2. The smallest absolute Gasteiger partial charge is 0.239 e. The largest absolute Gasteiger partial charge is 0.355 e. The summed E-state index contributed by atoms with van der Waals surface area (Å²) in [5.74, 6) is 6.96. The molecule has 0 atom stereocenters. The molecule has 2 aromatic rings. The van der Waals surface area contributed by atoms with Crippen LogP contribution < -0.4 is 16.2 Å². The third-order valence-electron chi connectivity index (χ3n) is 3.91. The van der Waals surface area contributed by atoms with Crippen molar-refractivity contribution in [1.29, 1.82) is 0 Å². The van der Waals surface area contributed by atoms with Crippen LogP contribution in [0.25, 0.3) is 10.9 Å². The normalized spacial score (nSPS) is 18.2. The lowest BCUT2D eigenvalue weighted by Crippen LogP contribution is -2.40. The summed E-state index contributed by atoms with van der Waals surface area (Å²) >= 11 is 0. The van der Waals surface area contributed by atoms with Crippen LogP contribution in [-0.2, 0) is 0 Å². The predicted molar refractivity (Wildman–Crippen MR) is 82.6 cm³/mol. The van der Waals surface area contributed by atoms with Crippen LogP contribution >= 0.6 is 0 Å². The molecule has 1 aromatic carbocycles. The van der Waals surface area contributed by atoms with E-state index in [0.717, 1.165) is 29.8 Å². The van der Waals surface area contributed by atoms with Crippen molar-refractivity contribution in [2.75, 3.05) is 23.4 Å². The Balaban J connectivity index is 2.09. The fourth-order valence-electron chi connectivity index (χ4n) is 2.97. The third-order valence-corrected chi connectivity index (χ3v) is 3.91. The quantitative estimate of drug-likeness (QED) is 0.649. The average Bonchev–Trinajstić information content (AvgIpc) is 2.45. The number of aromatic nitrogens is 2. The van der Waals surface area contributed by atoms with Crippen LogP contribution in [0.3, 0.4) is 0 Å². The maximum atomic E-state index is 5.50. The van der Waals surface area contributed by atoms with Crippen molar-refractivity contribution >= 4 is 22.7 Å². The molecule has 5 heteroatoms. The predicted octanol–water partition coefficient (Wildman–Crippen LogP) is 2.54. The highest BCUT2D eigenvalue weighted by atomic mass is 15.3. The number of nitrogen functional groups attached to an aromatic ring is 1. The number of benzene rings is 1. The van der Waals surface area contributed by atoms with Crippen LogP contribution in [0.5, 0.6) is 0 Å². The summed E-state index contributed by atoms with van der Waals surface area (Å²) in [5.41, 5.74) is 3.82. The maximum Gasteiger partial charge on any atom is 0.239 e. The first-order valence-electron chi connectivity index (χ1n) is 7.07. The number of fused-ring (bicyclic) bond motifs is 1. The Kier molecular flexibility index (Phi) is 3.22. The van der Waals surface area contributed by atoms with Gasteiger partial charge >= 0.3 is 0 Å². The van der Waals surface area contributed by atoms with Crippen LogP contribution in [0.15, 0.2) is 24.3 Å². The summed E-state index contributed by atoms with van der Waals surface area (Å²) in [6.45, 7) is 6.67. The highest BCUT2D eigenvalue weighted by Crippen LogP contribution is 2.33. The van der Waals surface area contributed by atoms with Crippen molar-refractivity contribution in [2.24, 2.45) is 11.3 Å². The van der Waals surface area contributed by atoms with Gasteiger partial charge in [0.15, 0.2) is 0 Å². The zero-order valence-corrected chi connectivity index (χ0v) is 12.1.